The van der Waals surface area contributed by atoms with E-state index >= 15 is 0 Å². The van der Waals surface area contributed by atoms with E-state index in [1.807, 2.05) is 0 Å². The molecule has 1 rings (SSSR count). The van der Waals surface area contributed by atoms with E-state index in [2.05, 4.69) is 10.1 Å². The van der Waals surface area contributed by atoms with Crippen molar-refractivity contribution in [2.45, 2.75) is 33.9 Å². The van der Waals surface area contributed by atoms with Gasteiger partial charge in [0.05, 0.1) is 0 Å². The standard InChI is InChI=1S/C13H17F2NO2/c1-13(2,3)11(17)16-8-9-6-4-5-7-10(9)18-12(14)15/h4-7,12H,8H2,1-3H3,(H,16,17). The third-order valence-electron chi connectivity index (χ3n) is 2.31. The third kappa shape index (κ3) is 4.31. The number of nitrogens with one attached hydrogen (secondary N) is 1. The minimum absolute atomic E-state index is 0.0849. The summed E-state index contributed by atoms with van der Waals surface area (Å²) in [6.07, 6.45) is 0. The van der Waals surface area contributed by atoms with E-state index < -0.39 is 12.0 Å². The third-order valence-corrected chi connectivity index (χ3v) is 2.31. The zero-order valence-corrected chi connectivity index (χ0v) is 10.7. The summed E-state index contributed by atoms with van der Waals surface area (Å²) < 4.78 is 28.7. The van der Waals surface area contributed by atoms with Gasteiger partial charge in [-0.1, -0.05) is 39.0 Å². The number of para-hydroxylation sites is 1. The predicted molar refractivity (Wildman–Crippen MR) is 64.4 cm³/mol. The van der Waals surface area contributed by atoms with Crippen LogP contribution in [0.25, 0.3) is 0 Å². The van der Waals surface area contributed by atoms with Gasteiger partial charge in [-0.2, -0.15) is 8.78 Å². The number of benzene rings is 1. The summed E-state index contributed by atoms with van der Waals surface area (Å²) in [5.41, 5.74) is 0.00816. The van der Waals surface area contributed by atoms with Crippen molar-refractivity contribution < 1.29 is 18.3 Å². The van der Waals surface area contributed by atoms with Crippen LogP contribution in [-0.2, 0) is 11.3 Å². The second kappa shape index (κ2) is 5.80. The molecule has 0 saturated heterocycles. The number of halogens is 2. The first-order chi connectivity index (χ1) is 8.30. The molecule has 0 spiro atoms. The van der Waals surface area contributed by atoms with E-state index in [1.54, 1.807) is 39.0 Å². The van der Waals surface area contributed by atoms with Gasteiger partial charge in [0, 0.05) is 17.5 Å². The first kappa shape index (κ1) is 14.4. The summed E-state index contributed by atoms with van der Waals surface area (Å²) >= 11 is 0. The summed E-state index contributed by atoms with van der Waals surface area (Å²) in [5.74, 6) is -0.0592. The minimum atomic E-state index is -2.87. The second-order valence-corrected chi connectivity index (χ2v) is 4.92. The molecule has 1 aromatic rings. The average molecular weight is 257 g/mol. The van der Waals surface area contributed by atoms with Gasteiger partial charge in [0.15, 0.2) is 0 Å². The highest BCUT2D eigenvalue weighted by atomic mass is 19.3. The Bertz CT molecular complexity index is 414. The van der Waals surface area contributed by atoms with E-state index in [1.165, 1.54) is 6.07 Å². The lowest BCUT2D eigenvalue weighted by Crippen LogP contribution is -2.34. The normalized spacial score (nSPS) is 11.4. The van der Waals surface area contributed by atoms with Crippen LogP contribution in [0.4, 0.5) is 8.78 Å². The number of hydrogen-bond donors (Lipinski definition) is 1. The quantitative estimate of drug-likeness (QED) is 0.900. The molecule has 0 bridgehead atoms. The van der Waals surface area contributed by atoms with Crippen molar-refractivity contribution in [2.24, 2.45) is 5.41 Å². The fourth-order valence-electron chi connectivity index (χ4n) is 1.30. The van der Waals surface area contributed by atoms with Crippen LogP contribution in [0.2, 0.25) is 0 Å². The maximum Gasteiger partial charge on any atom is 0.387 e. The lowest BCUT2D eigenvalue weighted by Gasteiger charge is -2.18. The van der Waals surface area contributed by atoms with Gasteiger partial charge in [-0.3, -0.25) is 4.79 Å². The molecule has 0 heterocycles. The van der Waals surface area contributed by atoms with E-state index in [9.17, 15) is 13.6 Å². The van der Waals surface area contributed by atoms with Gasteiger partial charge < -0.3 is 10.1 Å². The Labute approximate surface area is 105 Å². The molecule has 18 heavy (non-hydrogen) atoms. The Morgan fingerprint density at radius 1 is 1.33 bits per heavy atom. The molecular weight excluding hydrogens is 240 g/mol. The monoisotopic (exact) mass is 257 g/mol. The lowest BCUT2D eigenvalue weighted by atomic mass is 9.95. The number of alkyl halides is 2. The summed E-state index contributed by atoms with van der Waals surface area (Å²) in [5, 5.41) is 2.69. The molecule has 0 unspecified atom stereocenters. The number of rotatable bonds is 4. The largest absolute Gasteiger partial charge is 0.434 e. The van der Waals surface area contributed by atoms with E-state index in [4.69, 9.17) is 0 Å². The van der Waals surface area contributed by atoms with Crippen molar-refractivity contribution in [3.8, 4) is 5.75 Å². The molecule has 0 saturated carbocycles. The summed E-state index contributed by atoms with van der Waals surface area (Å²) in [4.78, 5) is 11.7. The molecule has 0 aromatic heterocycles. The fraction of sp³-hybridized carbons (Fsp3) is 0.462. The summed E-state index contributed by atoms with van der Waals surface area (Å²) in [6.45, 7) is 2.64. The maximum absolute atomic E-state index is 12.2. The van der Waals surface area contributed by atoms with E-state index in [-0.39, 0.29) is 18.2 Å². The Morgan fingerprint density at radius 2 is 1.94 bits per heavy atom. The molecule has 100 valence electrons. The van der Waals surface area contributed by atoms with Gasteiger partial charge in [0.1, 0.15) is 5.75 Å². The fourth-order valence-corrected chi connectivity index (χ4v) is 1.30. The minimum Gasteiger partial charge on any atom is -0.434 e. The first-order valence-electron chi connectivity index (χ1n) is 5.61. The zero-order chi connectivity index (χ0) is 13.8. The SMILES string of the molecule is CC(C)(C)C(=O)NCc1ccccc1OC(F)F. The van der Waals surface area contributed by atoms with Gasteiger partial charge in [0.2, 0.25) is 5.91 Å². The Kier molecular flexibility index (Phi) is 4.64. The van der Waals surface area contributed by atoms with Crippen LogP contribution in [0.15, 0.2) is 24.3 Å². The van der Waals surface area contributed by atoms with Gasteiger partial charge >= 0.3 is 6.61 Å². The molecule has 3 nitrogen and oxygen atoms in total. The second-order valence-electron chi connectivity index (χ2n) is 4.92. The van der Waals surface area contributed by atoms with Gasteiger partial charge in [-0.25, -0.2) is 0 Å². The van der Waals surface area contributed by atoms with Crippen molar-refractivity contribution in [3.05, 3.63) is 29.8 Å². The lowest BCUT2D eigenvalue weighted by molar-refractivity contribution is -0.128. The zero-order valence-electron chi connectivity index (χ0n) is 10.7. The number of amides is 1. The maximum atomic E-state index is 12.2. The van der Waals surface area contributed by atoms with Crippen LogP contribution < -0.4 is 10.1 Å². The van der Waals surface area contributed by atoms with Crippen LogP contribution >= 0.6 is 0 Å². The Balaban J connectivity index is 2.70. The molecule has 0 atom stereocenters. The highest BCUT2D eigenvalue weighted by molar-refractivity contribution is 5.81. The molecule has 5 heteroatoms. The number of ether oxygens (including phenoxy) is 1. The number of carbonyl (C=O) groups is 1. The molecule has 1 aromatic carbocycles. The van der Waals surface area contributed by atoms with E-state index in [0.717, 1.165) is 0 Å². The van der Waals surface area contributed by atoms with Crippen LogP contribution in [0.1, 0.15) is 26.3 Å². The van der Waals surface area contributed by atoms with Crippen molar-refractivity contribution >= 4 is 5.91 Å². The number of carbonyl (C=O) groups excluding carboxylic acids is 1. The highest BCUT2D eigenvalue weighted by Crippen LogP contribution is 2.20. The number of hydrogen-bond acceptors (Lipinski definition) is 2. The van der Waals surface area contributed by atoms with Crippen LogP contribution in [0.5, 0.6) is 5.75 Å². The Hall–Kier alpha value is -1.65. The van der Waals surface area contributed by atoms with Crippen LogP contribution in [-0.4, -0.2) is 12.5 Å². The highest BCUT2D eigenvalue weighted by Gasteiger charge is 2.21. The smallest absolute Gasteiger partial charge is 0.387 e. The van der Waals surface area contributed by atoms with Crippen LogP contribution in [0.3, 0.4) is 0 Å². The van der Waals surface area contributed by atoms with E-state index in [0.29, 0.717) is 5.56 Å². The first-order valence-corrected chi connectivity index (χ1v) is 5.61. The molecular formula is C13H17F2NO2. The predicted octanol–water partition coefficient (Wildman–Crippen LogP) is 2.95. The van der Waals surface area contributed by atoms with Crippen molar-refractivity contribution in [2.75, 3.05) is 0 Å². The molecule has 0 fully saturated rings. The van der Waals surface area contributed by atoms with Crippen molar-refractivity contribution in [1.29, 1.82) is 0 Å². The molecule has 0 radical (unpaired) electrons. The van der Waals surface area contributed by atoms with Gasteiger partial charge in [0.25, 0.3) is 0 Å². The summed E-state index contributed by atoms with van der Waals surface area (Å²) in [6, 6.07) is 6.40. The molecule has 0 aliphatic heterocycles. The topological polar surface area (TPSA) is 38.3 Å². The molecule has 1 amide bonds. The van der Waals surface area contributed by atoms with Gasteiger partial charge in [-0.05, 0) is 6.07 Å². The van der Waals surface area contributed by atoms with Crippen LogP contribution in [0, 0.1) is 5.41 Å². The Morgan fingerprint density at radius 3 is 2.50 bits per heavy atom. The van der Waals surface area contributed by atoms with Gasteiger partial charge in [-0.15, -0.1) is 0 Å². The summed E-state index contributed by atoms with van der Waals surface area (Å²) in [7, 11) is 0. The van der Waals surface area contributed by atoms with Crippen molar-refractivity contribution in [3.63, 3.8) is 0 Å². The molecule has 0 aliphatic rings. The molecule has 0 aliphatic carbocycles. The average Bonchev–Trinajstić information content (AvgIpc) is 2.25. The van der Waals surface area contributed by atoms with Crippen molar-refractivity contribution in [1.82, 2.24) is 5.32 Å². The molecule has 1 N–H and O–H groups in total.